The van der Waals surface area contributed by atoms with Gasteiger partial charge in [-0.25, -0.2) is 0 Å². The van der Waals surface area contributed by atoms with Crippen LogP contribution in [-0.2, 0) is 0 Å². The third kappa shape index (κ3) is 1.63. The Hall–Kier alpha value is 0.230. The summed E-state index contributed by atoms with van der Waals surface area (Å²) in [5, 5.41) is 0. The molecule has 1 aromatic carbocycles. The Morgan fingerprint density at radius 1 is 1.50 bits per heavy atom. The number of nitrogen functional groups attached to an aromatic ring is 1. The fourth-order valence-electron chi connectivity index (χ4n) is 0.751. The van der Waals surface area contributed by atoms with Crippen molar-refractivity contribution in [2.45, 2.75) is 6.92 Å². The molecule has 0 aliphatic rings. The normalized spacial score (nSPS) is 9.90. The number of benzene rings is 1. The van der Waals surface area contributed by atoms with E-state index in [4.69, 9.17) is 5.73 Å². The molecule has 0 aromatic heterocycles. The van der Waals surface area contributed by atoms with Gasteiger partial charge in [0.15, 0.2) is 0 Å². The lowest BCUT2D eigenvalue weighted by atomic mass is 10.2. The number of aryl methyl sites for hydroxylation is 1. The van der Waals surface area contributed by atoms with Crippen molar-refractivity contribution in [3.8, 4) is 0 Å². The molecule has 0 heterocycles. The lowest BCUT2D eigenvalue weighted by Gasteiger charge is -2.02. The van der Waals surface area contributed by atoms with Gasteiger partial charge >= 0.3 is 0 Å². The molecule has 0 radical (unpaired) electrons. The molecule has 0 aliphatic carbocycles. The van der Waals surface area contributed by atoms with Gasteiger partial charge in [0.1, 0.15) is 0 Å². The zero-order valence-electron chi connectivity index (χ0n) is 5.49. The molecule has 1 aromatic rings. The summed E-state index contributed by atoms with van der Waals surface area (Å²) in [6, 6.07) is 3.97. The molecule has 0 spiro atoms. The van der Waals surface area contributed by atoms with Gasteiger partial charge in [-0.05, 0) is 47.2 Å². The third-order valence-electron chi connectivity index (χ3n) is 1.25. The Morgan fingerprint density at radius 2 is 2.10 bits per heavy atom. The first-order valence-corrected chi connectivity index (χ1v) is 4.69. The van der Waals surface area contributed by atoms with Gasteiger partial charge in [-0.1, -0.05) is 15.9 Å². The van der Waals surface area contributed by atoms with E-state index in [9.17, 15) is 0 Å². The van der Waals surface area contributed by atoms with Crippen LogP contribution in [0, 0.1) is 10.5 Å². The molecule has 0 aliphatic heterocycles. The average molecular weight is 312 g/mol. The minimum Gasteiger partial charge on any atom is -0.398 e. The standard InChI is InChI=1S/C7H7BrIN/c1-4-2-5(8)3-6(10)7(4)9/h2-3H,10H2,1H3. The van der Waals surface area contributed by atoms with Gasteiger partial charge in [0.2, 0.25) is 0 Å². The van der Waals surface area contributed by atoms with E-state index < -0.39 is 0 Å². The zero-order chi connectivity index (χ0) is 7.72. The predicted octanol–water partition coefficient (Wildman–Crippen LogP) is 2.94. The highest BCUT2D eigenvalue weighted by molar-refractivity contribution is 14.1. The van der Waals surface area contributed by atoms with Gasteiger partial charge in [-0.2, -0.15) is 0 Å². The molecule has 0 fully saturated rings. The number of rotatable bonds is 0. The Kier molecular flexibility index (Phi) is 2.57. The van der Waals surface area contributed by atoms with Crippen LogP contribution in [-0.4, -0.2) is 0 Å². The van der Waals surface area contributed by atoms with E-state index in [0.29, 0.717) is 0 Å². The van der Waals surface area contributed by atoms with Crippen LogP contribution in [0.4, 0.5) is 5.69 Å². The minimum atomic E-state index is 0.840. The maximum Gasteiger partial charge on any atom is 0.0463 e. The summed E-state index contributed by atoms with van der Waals surface area (Å²) in [7, 11) is 0. The Balaban J connectivity index is 3.31. The van der Waals surface area contributed by atoms with Gasteiger partial charge in [0.05, 0.1) is 0 Å². The second-order valence-corrected chi connectivity index (χ2v) is 4.12. The predicted molar refractivity (Wildman–Crippen MR) is 56.0 cm³/mol. The summed E-state index contributed by atoms with van der Waals surface area (Å²) < 4.78 is 2.18. The topological polar surface area (TPSA) is 26.0 Å². The molecule has 0 unspecified atom stereocenters. The van der Waals surface area contributed by atoms with Crippen LogP contribution >= 0.6 is 38.5 Å². The van der Waals surface area contributed by atoms with Gasteiger partial charge in [-0.3, -0.25) is 0 Å². The Labute approximate surface area is 82.3 Å². The fourth-order valence-corrected chi connectivity index (χ4v) is 1.65. The Bertz CT molecular complexity index is 237. The largest absolute Gasteiger partial charge is 0.398 e. The summed E-state index contributed by atoms with van der Waals surface area (Å²) in [6.45, 7) is 2.04. The molecule has 54 valence electrons. The van der Waals surface area contributed by atoms with Crippen LogP contribution in [0.15, 0.2) is 16.6 Å². The van der Waals surface area contributed by atoms with Crippen molar-refractivity contribution in [1.29, 1.82) is 0 Å². The van der Waals surface area contributed by atoms with Crippen molar-refractivity contribution in [2.24, 2.45) is 0 Å². The van der Waals surface area contributed by atoms with Gasteiger partial charge < -0.3 is 5.73 Å². The van der Waals surface area contributed by atoms with E-state index in [2.05, 4.69) is 44.6 Å². The van der Waals surface area contributed by atoms with Crippen LogP contribution in [0.25, 0.3) is 0 Å². The van der Waals surface area contributed by atoms with E-state index in [1.165, 1.54) is 5.56 Å². The van der Waals surface area contributed by atoms with E-state index in [1.54, 1.807) is 0 Å². The molecule has 1 nitrogen and oxygen atoms in total. The first-order valence-electron chi connectivity index (χ1n) is 2.82. The quantitative estimate of drug-likeness (QED) is 0.578. The van der Waals surface area contributed by atoms with Crippen molar-refractivity contribution >= 4 is 44.2 Å². The van der Waals surface area contributed by atoms with E-state index in [1.807, 2.05) is 13.0 Å². The molecule has 2 N–H and O–H groups in total. The SMILES string of the molecule is Cc1cc(Br)cc(N)c1I. The van der Waals surface area contributed by atoms with Crippen LogP contribution in [0.1, 0.15) is 5.56 Å². The summed E-state index contributed by atoms with van der Waals surface area (Å²) in [4.78, 5) is 0. The maximum absolute atomic E-state index is 5.68. The van der Waals surface area contributed by atoms with Crippen LogP contribution in [0.5, 0.6) is 0 Å². The first kappa shape index (κ1) is 8.33. The third-order valence-corrected chi connectivity index (χ3v) is 3.18. The zero-order valence-corrected chi connectivity index (χ0v) is 9.23. The molecule has 0 amide bonds. The van der Waals surface area contributed by atoms with Gasteiger partial charge in [-0.15, -0.1) is 0 Å². The lowest BCUT2D eigenvalue weighted by molar-refractivity contribution is 1.41. The highest BCUT2D eigenvalue weighted by Crippen LogP contribution is 2.23. The highest BCUT2D eigenvalue weighted by atomic mass is 127. The number of hydrogen-bond acceptors (Lipinski definition) is 1. The number of anilines is 1. The van der Waals surface area contributed by atoms with Crippen molar-refractivity contribution < 1.29 is 0 Å². The van der Waals surface area contributed by atoms with Crippen molar-refractivity contribution in [2.75, 3.05) is 5.73 Å². The van der Waals surface area contributed by atoms with E-state index in [-0.39, 0.29) is 0 Å². The second-order valence-electron chi connectivity index (χ2n) is 2.13. The van der Waals surface area contributed by atoms with E-state index >= 15 is 0 Å². The highest BCUT2D eigenvalue weighted by Gasteiger charge is 1.99. The van der Waals surface area contributed by atoms with Crippen LogP contribution in [0.3, 0.4) is 0 Å². The van der Waals surface area contributed by atoms with Crippen molar-refractivity contribution in [3.63, 3.8) is 0 Å². The van der Waals surface area contributed by atoms with Gasteiger partial charge in [0, 0.05) is 13.7 Å². The summed E-state index contributed by atoms with van der Waals surface area (Å²) in [6.07, 6.45) is 0. The van der Waals surface area contributed by atoms with Crippen LogP contribution < -0.4 is 5.73 Å². The summed E-state index contributed by atoms with van der Waals surface area (Å²) >= 11 is 5.60. The summed E-state index contributed by atoms with van der Waals surface area (Å²) in [5.41, 5.74) is 7.74. The average Bonchev–Trinajstić information content (AvgIpc) is 1.82. The number of hydrogen-bond donors (Lipinski definition) is 1. The molecule has 0 atom stereocenters. The Morgan fingerprint density at radius 3 is 2.60 bits per heavy atom. The molecule has 0 bridgehead atoms. The smallest absolute Gasteiger partial charge is 0.0463 e. The van der Waals surface area contributed by atoms with Gasteiger partial charge in [0.25, 0.3) is 0 Å². The second kappa shape index (κ2) is 3.09. The molecule has 3 heteroatoms. The molecule has 10 heavy (non-hydrogen) atoms. The molecule has 0 saturated carbocycles. The number of halogens is 2. The van der Waals surface area contributed by atoms with Crippen molar-refractivity contribution in [1.82, 2.24) is 0 Å². The minimum absolute atomic E-state index is 0.840. The lowest BCUT2D eigenvalue weighted by Crippen LogP contribution is -1.91. The number of nitrogens with two attached hydrogens (primary N) is 1. The summed E-state index contributed by atoms with van der Waals surface area (Å²) in [5.74, 6) is 0. The maximum atomic E-state index is 5.68. The van der Waals surface area contributed by atoms with E-state index in [0.717, 1.165) is 13.7 Å². The van der Waals surface area contributed by atoms with Crippen LogP contribution in [0.2, 0.25) is 0 Å². The molecule has 0 saturated heterocycles. The van der Waals surface area contributed by atoms with Crippen molar-refractivity contribution in [3.05, 3.63) is 25.7 Å². The monoisotopic (exact) mass is 311 g/mol. The fraction of sp³-hybridized carbons (Fsp3) is 0.143. The molecular formula is C7H7BrIN. The molecule has 1 rings (SSSR count). The first-order chi connectivity index (χ1) is 4.61. The molecular weight excluding hydrogens is 305 g/mol.